The molecule has 6 aromatic rings. The maximum Gasteiger partial charge on any atom is 0.271 e. The van der Waals surface area contributed by atoms with Gasteiger partial charge in [-0.25, -0.2) is 5.43 Å². The van der Waals surface area contributed by atoms with E-state index in [-0.39, 0.29) is 12.5 Å². The summed E-state index contributed by atoms with van der Waals surface area (Å²) in [5, 5.41) is 5.25. The van der Waals surface area contributed by atoms with Gasteiger partial charge < -0.3 is 14.0 Å². The average Bonchev–Trinajstić information content (AvgIpc) is 3.54. The number of rotatable bonds is 10. The minimum Gasteiger partial charge on any atom is -0.493 e. The number of hydrogen-bond donors (Lipinski definition) is 1. The van der Waals surface area contributed by atoms with E-state index in [0.717, 1.165) is 39.3 Å². The van der Waals surface area contributed by atoms with E-state index < -0.39 is 0 Å². The molecule has 0 atom stereocenters. The minimum absolute atomic E-state index is 0.250. The largest absolute Gasteiger partial charge is 0.493 e. The number of halogens is 2. The number of amides is 1. The summed E-state index contributed by atoms with van der Waals surface area (Å²) >= 11 is 12.2. The third-order valence-electron chi connectivity index (χ3n) is 7.37. The van der Waals surface area contributed by atoms with E-state index in [1.54, 1.807) is 49.7 Å². The Hall–Kier alpha value is -5.30. The first kappa shape index (κ1) is 30.7. The second-order valence-corrected chi connectivity index (χ2v) is 11.2. The Morgan fingerprint density at radius 1 is 0.761 bits per heavy atom. The number of aromatic nitrogens is 1. The Balaban J connectivity index is 1.15. The predicted octanol–water partition coefficient (Wildman–Crippen LogP) is 9.47. The van der Waals surface area contributed by atoms with Crippen molar-refractivity contribution in [3.8, 4) is 39.7 Å². The Labute approximate surface area is 277 Å². The van der Waals surface area contributed by atoms with E-state index in [1.807, 2.05) is 60.7 Å². The highest BCUT2D eigenvalue weighted by molar-refractivity contribution is 6.35. The first-order valence-electron chi connectivity index (χ1n) is 14.5. The Morgan fingerprint density at radius 3 is 2.02 bits per heavy atom. The molecule has 0 unspecified atom stereocenters. The van der Waals surface area contributed by atoms with Crippen LogP contribution in [-0.4, -0.2) is 23.8 Å². The fraction of sp³-hybridized carbons (Fsp3) is 0.0526. The van der Waals surface area contributed by atoms with Crippen molar-refractivity contribution in [3.05, 3.63) is 160 Å². The van der Waals surface area contributed by atoms with Crippen molar-refractivity contribution in [2.75, 3.05) is 7.11 Å². The lowest BCUT2D eigenvalue weighted by molar-refractivity contribution is 0.0955. The molecular weight excluding hydrogens is 617 g/mol. The molecule has 0 spiro atoms. The SMILES string of the molecule is COc1cc(/C=N/NC(=O)c2ccc(-n3c(-c4ccccc4)ccc3-c3ccccc3)cc2)ccc1OCc1ccc(Cl)cc1Cl. The number of nitrogens with zero attached hydrogens (tertiary/aromatic N) is 2. The Bertz CT molecular complexity index is 1930. The van der Waals surface area contributed by atoms with Gasteiger partial charge in [-0.1, -0.05) is 89.9 Å². The highest BCUT2D eigenvalue weighted by Gasteiger charge is 2.14. The van der Waals surface area contributed by atoms with Crippen LogP contribution in [0.5, 0.6) is 11.5 Å². The number of nitrogens with one attached hydrogen (secondary N) is 1. The number of carbonyl (C=O) groups excluding carboxylic acids is 1. The minimum atomic E-state index is -0.325. The number of hydrogen-bond acceptors (Lipinski definition) is 4. The summed E-state index contributed by atoms with van der Waals surface area (Å²) < 4.78 is 13.6. The highest BCUT2D eigenvalue weighted by Crippen LogP contribution is 2.33. The van der Waals surface area contributed by atoms with Gasteiger partial charge in [0.15, 0.2) is 11.5 Å². The lowest BCUT2D eigenvalue weighted by Gasteiger charge is -2.15. The molecule has 8 heteroatoms. The molecule has 0 saturated carbocycles. The smallest absolute Gasteiger partial charge is 0.271 e. The molecular formula is C38H29Cl2N3O3. The summed E-state index contributed by atoms with van der Waals surface area (Å²) in [5.74, 6) is 0.739. The average molecular weight is 647 g/mol. The van der Waals surface area contributed by atoms with Gasteiger partial charge in [0.05, 0.1) is 24.7 Å². The number of methoxy groups -OCH3 is 1. The van der Waals surface area contributed by atoms with Crippen LogP contribution >= 0.6 is 23.2 Å². The molecule has 0 radical (unpaired) electrons. The van der Waals surface area contributed by atoms with Crippen molar-refractivity contribution in [2.45, 2.75) is 6.61 Å². The standard InChI is InChI=1S/C38H29Cl2N3O3/c1-45-37-22-26(12-21-36(37)46-25-30-13-16-31(39)23-33(30)40)24-41-42-38(44)29-14-17-32(18-15-29)43-34(27-8-4-2-5-9-27)19-20-35(43)28-10-6-3-7-11-28/h2-24H,25H2,1H3,(H,42,44)/b41-24+. The van der Waals surface area contributed by atoms with Crippen LogP contribution in [0.3, 0.4) is 0 Å². The molecule has 46 heavy (non-hydrogen) atoms. The molecule has 1 amide bonds. The zero-order valence-electron chi connectivity index (χ0n) is 24.9. The quantitative estimate of drug-likeness (QED) is 0.119. The van der Waals surface area contributed by atoms with E-state index in [4.69, 9.17) is 32.7 Å². The van der Waals surface area contributed by atoms with E-state index >= 15 is 0 Å². The summed E-state index contributed by atoms with van der Waals surface area (Å²) in [5.41, 5.74) is 9.87. The maximum atomic E-state index is 13.0. The fourth-order valence-electron chi connectivity index (χ4n) is 5.05. The zero-order valence-corrected chi connectivity index (χ0v) is 26.4. The molecule has 1 aromatic heterocycles. The lowest BCUT2D eigenvalue weighted by Crippen LogP contribution is -2.17. The molecule has 6 rings (SSSR count). The molecule has 0 bridgehead atoms. The summed E-state index contributed by atoms with van der Waals surface area (Å²) in [6.45, 7) is 0.250. The van der Waals surface area contributed by atoms with Crippen molar-refractivity contribution in [1.29, 1.82) is 0 Å². The van der Waals surface area contributed by atoms with Gasteiger partial charge in [0.1, 0.15) is 6.61 Å². The topological polar surface area (TPSA) is 64.8 Å². The van der Waals surface area contributed by atoms with Crippen molar-refractivity contribution in [2.24, 2.45) is 5.10 Å². The van der Waals surface area contributed by atoms with Crippen LogP contribution in [0, 0.1) is 0 Å². The van der Waals surface area contributed by atoms with Gasteiger partial charge in [-0.3, -0.25) is 4.79 Å². The van der Waals surface area contributed by atoms with Gasteiger partial charge in [-0.15, -0.1) is 0 Å². The fourth-order valence-corrected chi connectivity index (χ4v) is 5.52. The number of hydrazone groups is 1. The van der Waals surface area contributed by atoms with Gasteiger partial charge in [-0.05, 0) is 83.4 Å². The Kier molecular flexibility index (Phi) is 9.48. The van der Waals surface area contributed by atoms with Crippen LogP contribution in [0.2, 0.25) is 10.0 Å². The van der Waals surface area contributed by atoms with Gasteiger partial charge >= 0.3 is 0 Å². The molecule has 5 aromatic carbocycles. The van der Waals surface area contributed by atoms with Crippen LogP contribution in [0.15, 0.2) is 139 Å². The van der Waals surface area contributed by atoms with E-state index in [9.17, 15) is 4.79 Å². The summed E-state index contributed by atoms with van der Waals surface area (Å²) in [4.78, 5) is 13.0. The van der Waals surface area contributed by atoms with Gasteiger partial charge in [0.25, 0.3) is 5.91 Å². The second kappa shape index (κ2) is 14.2. The molecule has 0 saturated heterocycles. The molecule has 1 N–H and O–H groups in total. The van der Waals surface area contributed by atoms with Crippen LogP contribution in [0.1, 0.15) is 21.5 Å². The lowest BCUT2D eigenvalue weighted by atomic mass is 10.1. The highest BCUT2D eigenvalue weighted by atomic mass is 35.5. The molecule has 0 aliphatic heterocycles. The van der Waals surface area contributed by atoms with Crippen LogP contribution < -0.4 is 14.9 Å². The first-order valence-corrected chi connectivity index (χ1v) is 15.3. The van der Waals surface area contributed by atoms with Gasteiger partial charge in [-0.2, -0.15) is 5.10 Å². The molecule has 228 valence electrons. The Morgan fingerprint density at radius 2 is 1.41 bits per heavy atom. The van der Waals surface area contributed by atoms with Gasteiger partial charge in [0.2, 0.25) is 0 Å². The van der Waals surface area contributed by atoms with Crippen LogP contribution in [-0.2, 0) is 6.61 Å². The van der Waals surface area contributed by atoms with E-state index in [1.165, 1.54) is 0 Å². The van der Waals surface area contributed by atoms with Crippen molar-refractivity contribution in [1.82, 2.24) is 9.99 Å². The van der Waals surface area contributed by atoms with Gasteiger partial charge in [0, 0.05) is 26.9 Å². The number of ether oxygens (including phenoxy) is 2. The summed E-state index contributed by atoms with van der Waals surface area (Å²) in [6.07, 6.45) is 1.55. The molecule has 1 heterocycles. The molecule has 0 aliphatic rings. The maximum absolute atomic E-state index is 13.0. The van der Waals surface area contributed by atoms with Crippen LogP contribution in [0.4, 0.5) is 0 Å². The molecule has 6 nitrogen and oxygen atoms in total. The number of carbonyl (C=O) groups is 1. The van der Waals surface area contributed by atoms with E-state index in [2.05, 4.69) is 51.5 Å². The number of benzene rings is 5. The first-order chi connectivity index (χ1) is 22.5. The van der Waals surface area contributed by atoms with Crippen molar-refractivity contribution < 1.29 is 14.3 Å². The van der Waals surface area contributed by atoms with Crippen molar-refractivity contribution in [3.63, 3.8) is 0 Å². The normalized spacial score (nSPS) is 11.0. The summed E-state index contributed by atoms with van der Waals surface area (Å²) in [6, 6.07) is 42.8. The zero-order chi connectivity index (χ0) is 31.9. The molecule has 0 fully saturated rings. The van der Waals surface area contributed by atoms with Crippen LogP contribution in [0.25, 0.3) is 28.2 Å². The van der Waals surface area contributed by atoms with Crippen molar-refractivity contribution >= 4 is 35.3 Å². The molecule has 0 aliphatic carbocycles. The third-order valence-corrected chi connectivity index (χ3v) is 7.96. The predicted molar refractivity (Wildman–Crippen MR) is 185 cm³/mol. The monoisotopic (exact) mass is 645 g/mol. The van der Waals surface area contributed by atoms with E-state index in [0.29, 0.717) is 27.1 Å². The second-order valence-electron chi connectivity index (χ2n) is 10.4. The summed E-state index contributed by atoms with van der Waals surface area (Å²) in [7, 11) is 1.56. The third kappa shape index (κ3) is 6.99.